The van der Waals surface area contributed by atoms with Gasteiger partial charge in [-0.15, -0.1) is 0 Å². The molecular weight excluding hydrogens is 268 g/mol. The van der Waals surface area contributed by atoms with E-state index in [1.807, 2.05) is 0 Å². The first-order chi connectivity index (χ1) is 8.95. The maximum Gasteiger partial charge on any atom is 0.335 e. The van der Waals surface area contributed by atoms with Crippen molar-refractivity contribution >= 4 is 28.6 Å². The van der Waals surface area contributed by atoms with Gasteiger partial charge in [0.15, 0.2) is 0 Å². The van der Waals surface area contributed by atoms with Crippen molar-refractivity contribution in [1.82, 2.24) is 0 Å². The lowest BCUT2D eigenvalue weighted by atomic mass is 10.1. The summed E-state index contributed by atoms with van der Waals surface area (Å²) in [5.41, 5.74) is 1.61. The quantitative estimate of drug-likeness (QED) is 0.526. The Labute approximate surface area is 114 Å². The Bertz CT molecular complexity index is 491. The molecule has 7 heteroatoms. The first kappa shape index (κ1) is 15.5. The van der Waals surface area contributed by atoms with Gasteiger partial charge in [-0.2, -0.15) is 0 Å². The molecule has 0 aliphatic carbocycles. The van der Waals surface area contributed by atoms with Gasteiger partial charge in [0.05, 0.1) is 11.3 Å². The van der Waals surface area contributed by atoms with E-state index in [1.165, 1.54) is 12.1 Å². The SMILES string of the molecule is CCCCNc1cc(C(=O)O)cc(NS(=O)[O-])c1C. The van der Waals surface area contributed by atoms with Gasteiger partial charge in [0.1, 0.15) is 0 Å². The number of carbonyl (C=O) groups is 1. The number of rotatable bonds is 7. The molecule has 0 fully saturated rings. The van der Waals surface area contributed by atoms with E-state index in [0.717, 1.165) is 12.8 Å². The van der Waals surface area contributed by atoms with Crippen LogP contribution < -0.4 is 10.0 Å². The molecule has 0 saturated heterocycles. The van der Waals surface area contributed by atoms with Gasteiger partial charge in [-0.05, 0) is 31.0 Å². The average molecular weight is 285 g/mol. The van der Waals surface area contributed by atoms with Gasteiger partial charge in [0.25, 0.3) is 0 Å². The van der Waals surface area contributed by atoms with Crippen molar-refractivity contribution in [3.63, 3.8) is 0 Å². The Morgan fingerprint density at radius 1 is 1.42 bits per heavy atom. The Hall–Kier alpha value is -1.60. The van der Waals surface area contributed by atoms with Gasteiger partial charge in [0, 0.05) is 23.5 Å². The normalized spacial score (nSPS) is 11.9. The molecule has 1 rings (SSSR count). The highest BCUT2D eigenvalue weighted by Gasteiger charge is 2.11. The monoisotopic (exact) mass is 285 g/mol. The van der Waals surface area contributed by atoms with Crippen LogP contribution in [0.4, 0.5) is 11.4 Å². The summed E-state index contributed by atoms with van der Waals surface area (Å²) in [6.07, 6.45) is 1.97. The molecule has 0 heterocycles. The molecule has 0 bridgehead atoms. The molecule has 0 aromatic heterocycles. The maximum absolute atomic E-state index is 11.0. The lowest BCUT2D eigenvalue weighted by Gasteiger charge is -2.17. The molecule has 0 aliphatic rings. The zero-order chi connectivity index (χ0) is 14.4. The number of benzene rings is 1. The van der Waals surface area contributed by atoms with Crippen LogP contribution in [0.15, 0.2) is 12.1 Å². The molecule has 1 unspecified atom stereocenters. The molecule has 1 aromatic carbocycles. The number of nitrogens with one attached hydrogen (secondary N) is 2. The molecule has 106 valence electrons. The van der Waals surface area contributed by atoms with Gasteiger partial charge >= 0.3 is 5.97 Å². The summed E-state index contributed by atoms with van der Waals surface area (Å²) in [7, 11) is 0. The van der Waals surface area contributed by atoms with E-state index >= 15 is 0 Å². The summed E-state index contributed by atoms with van der Waals surface area (Å²) in [6, 6.07) is 2.81. The smallest absolute Gasteiger partial charge is 0.335 e. The minimum absolute atomic E-state index is 0.0394. The predicted molar refractivity (Wildman–Crippen MR) is 74.1 cm³/mol. The van der Waals surface area contributed by atoms with Crippen molar-refractivity contribution < 1.29 is 18.7 Å². The van der Waals surface area contributed by atoms with Crippen LogP contribution in [0, 0.1) is 6.92 Å². The third-order valence-corrected chi connectivity index (χ3v) is 3.08. The van der Waals surface area contributed by atoms with E-state index < -0.39 is 17.2 Å². The van der Waals surface area contributed by atoms with Crippen LogP contribution in [0.5, 0.6) is 0 Å². The van der Waals surface area contributed by atoms with Crippen molar-refractivity contribution in [2.24, 2.45) is 0 Å². The fourth-order valence-electron chi connectivity index (χ4n) is 1.62. The summed E-state index contributed by atoms with van der Waals surface area (Å²) in [4.78, 5) is 11.0. The van der Waals surface area contributed by atoms with Crippen LogP contribution in [-0.2, 0) is 11.3 Å². The molecule has 19 heavy (non-hydrogen) atoms. The first-order valence-corrected chi connectivity index (χ1v) is 7.01. The van der Waals surface area contributed by atoms with E-state index in [-0.39, 0.29) is 11.3 Å². The standard InChI is InChI=1S/C12H18N2O4S/c1-3-4-5-13-10-6-9(12(15)16)7-11(8(10)2)14-19(17)18/h6-7,13-14H,3-5H2,1-2H3,(H,15,16)(H,17,18)/p-1. The van der Waals surface area contributed by atoms with E-state index in [4.69, 9.17) is 5.11 Å². The largest absolute Gasteiger partial charge is 0.755 e. The highest BCUT2D eigenvalue weighted by Crippen LogP contribution is 2.26. The molecule has 3 N–H and O–H groups in total. The molecule has 6 nitrogen and oxygen atoms in total. The molecule has 0 saturated carbocycles. The van der Waals surface area contributed by atoms with Crippen molar-refractivity contribution in [1.29, 1.82) is 0 Å². The molecule has 0 radical (unpaired) electrons. The summed E-state index contributed by atoms with van der Waals surface area (Å²) in [5, 5.41) is 12.1. The summed E-state index contributed by atoms with van der Waals surface area (Å²) >= 11 is -2.48. The summed E-state index contributed by atoms with van der Waals surface area (Å²) in [6.45, 7) is 4.49. The first-order valence-electron chi connectivity index (χ1n) is 5.93. The molecule has 1 atom stereocenters. The number of carboxylic acids is 1. The van der Waals surface area contributed by atoms with Crippen LogP contribution in [0.1, 0.15) is 35.7 Å². The predicted octanol–water partition coefficient (Wildman–Crippen LogP) is 2.11. The van der Waals surface area contributed by atoms with E-state index in [0.29, 0.717) is 17.8 Å². The number of unbranched alkanes of at least 4 members (excludes halogenated alkanes) is 1. The van der Waals surface area contributed by atoms with Crippen molar-refractivity contribution in [3.8, 4) is 0 Å². The number of carboxylic acid groups (broad SMARTS) is 1. The number of anilines is 2. The Kier molecular flexibility index (Phi) is 5.78. The third-order valence-electron chi connectivity index (χ3n) is 2.69. The third kappa shape index (κ3) is 4.53. The van der Waals surface area contributed by atoms with E-state index in [9.17, 15) is 13.6 Å². The van der Waals surface area contributed by atoms with Crippen LogP contribution in [0.3, 0.4) is 0 Å². The second-order valence-electron chi connectivity index (χ2n) is 4.12. The van der Waals surface area contributed by atoms with Gasteiger partial charge < -0.3 is 19.7 Å². The molecule has 0 spiro atoms. The van der Waals surface area contributed by atoms with Crippen molar-refractivity contribution in [2.75, 3.05) is 16.6 Å². The lowest BCUT2D eigenvalue weighted by Crippen LogP contribution is -2.10. The Morgan fingerprint density at radius 3 is 2.58 bits per heavy atom. The van der Waals surface area contributed by atoms with Crippen LogP contribution in [0.2, 0.25) is 0 Å². The fraction of sp³-hybridized carbons (Fsp3) is 0.417. The molecule has 0 aliphatic heterocycles. The van der Waals surface area contributed by atoms with Crippen molar-refractivity contribution in [3.05, 3.63) is 23.3 Å². The van der Waals surface area contributed by atoms with Crippen molar-refractivity contribution in [2.45, 2.75) is 26.7 Å². The highest BCUT2D eigenvalue weighted by molar-refractivity contribution is 7.80. The van der Waals surface area contributed by atoms with Crippen LogP contribution in [0.25, 0.3) is 0 Å². The number of hydrogen-bond acceptors (Lipinski definition) is 4. The second kappa shape index (κ2) is 7.10. The average Bonchev–Trinajstić information content (AvgIpc) is 2.33. The van der Waals surface area contributed by atoms with Gasteiger partial charge in [-0.25, -0.2) is 4.79 Å². The van der Waals surface area contributed by atoms with E-state index in [2.05, 4.69) is 17.0 Å². The molecular formula is C12H17N2O4S-. The lowest BCUT2D eigenvalue weighted by molar-refractivity contribution is 0.0697. The topological polar surface area (TPSA) is 101 Å². The second-order valence-corrected chi connectivity index (χ2v) is 4.79. The Morgan fingerprint density at radius 2 is 2.05 bits per heavy atom. The minimum atomic E-state index is -2.48. The summed E-state index contributed by atoms with van der Waals surface area (Å²) in [5.74, 6) is -1.10. The van der Waals surface area contributed by atoms with Crippen LogP contribution in [-0.4, -0.2) is 26.4 Å². The molecule has 1 aromatic rings. The minimum Gasteiger partial charge on any atom is -0.755 e. The maximum atomic E-state index is 11.0. The van der Waals surface area contributed by atoms with Gasteiger partial charge in [0.2, 0.25) is 0 Å². The highest BCUT2D eigenvalue weighted by atomic mass is 32.2. The molecule has 0 amide bonds. The van der Waals surface area contributed by atoms with E-state index in [1.54, 1.807) is 6.92 Å². The Balaban J connectivity index is 3.09. The van der Waals surface area contributed by atoms with Gasteiger partial charge in [-0.3, -0.25) is 4.21 Å². The number of hydrogen-bond donors (Lipinski definition) is 3. The zero-order valence-corrected chi connectivity index (χ0v) is 11.7. The fourth-order valence-corrected chi connectivity index (χ4v) is 2.01. The zero-order valence-electron chi connectivity index (χ0n) is 10.9. The summed E-state index contributed by atoms with van der Waals surface area (Å²) < 4.78 is 23.6. The van der Waals surface area contributed by atoms with Gasteiger partial charge in [-0.1, -0.05) is 13.3 Å². The number of aromatic carboxylic acids is 1. The van der Waals surface area contributed by atoms with Crippen LogP contribution >= 0.6 is 0 Å².